The first kappa shape index (κ1) is 17.6. The molecule has 1 aliphatic carbocycles. The first-order chi connectivity index (χ1) is 11.8. The number of ketones is 2. The molecule has 6 nitrogen and oxygen atoms in total. The molecule has 0 aromatic heterocycles. The van der Waals surface area contributed by atoms with Crippen LogP contribution in [0.15, 0.2) is 24.0 Å². The fourth-order valence-corrected chi connectivity index (χ4v) is 3.26. The highest BCUT2D eigenvalue weighted by Crippen LogP contribution is 2.33. The van der Waals surface area contributed by atoms with Crippen LogP contribution < -0.4 is 4.74 Å². The molecule has 0 saturated carbocycles. The van der Waals surface area contributed by atoms with Gasteiger partial charge in [-0.3, -0.25) is 9.59 Å². The largest absolute Gasteiger partial charge is 0.496 e. The molecular formula is C19H22O6. The smallest absolute Gasteiger partial charge is 0.228 e. The van der Waals surface area contributed by atoms with Crippen LogP contribution in [0, 0.1) is 0 Å². The molecule has 0 radical (unpaired) electrons. The minimum atomic E-state index is -0.626. The number of hydrogen-bond acceptors (Lipinski definition) is 6. The van der Waals surface area contributed by atoms with Crippen molar-refractivity contribution >= 4 is 11.6 Å². The van der Waals surface area contributed by atoms with Crippen molar-refractivity contribution in [1.29, 1.82) is 0 Å². The van der Waals surface area contributed by atoms with E-state index in [9.17, 15) is 9.59 Å². The third kappa shape index (κ3) is 3.45. The molecule has 0 amide bonds. The van der Waals surface area contributed by atoms with Crippen LogP contribution >= 0.6 is 0 Å². The Bertz CT molecular complexity index is 747. The van der Waals surface area contributed by atoms with E-state index in [0.717, 1.165) is 12.0 Å². The summed E-state index contributed by atoms with van der Waals surface area (Å²) < 4.78 is 21.9. The van der Waals surface area contributed by atoms with Crippen LogP contribution in [-0.4, -0.2) is 44.3 Å². The van der Waals surface area contributed by atoms with Crippen molar-refractivity contribution in [1.82, 2.24) is 0 Å². The van der Waals surface area contributed by atoms with Crippen molar-refractivity contribution in [2.75, 3.05) is 20.8 Å². The summed E-state index contributed by atoms with van der Waals surface area (Å²) in [5.74, 6) is -0.800. The summed E-state index contributed by atoms with van der Waals surface area (Å²) in [6.07, 6.45) is 2.54. The van der Waals surface area contributed by atoms with E-state index in [-0.39, 0.29) is 29.0 Å². The molecule has 0 bridgehead atoms. The van der Waals surface area contributed by atoms with Crippen LogP contribution in [0.4, 0.5) is 0 Å². The van der Waals surface area contributed by atoms with Gasteiger partial charge < -0.3 is 18.9 Å². The van der Waals surface area contributed by atoms with Crippen LogP contribution in [-0.2, 0) is 20.6 Å². The van der Waals surface area contributed by atoms with Gasteiger partial charge in [0.1, 0.15) is 5.75 Å². The van der Waals surface area contributed by atoms with Crippen molar-refractivity contribution in [2.45, 2.75) is 38.6 Å². The highest BCUT2D eigenvalue weighted by molar-refractivity contribution is 6.24. The minimum Gasteiger partial charge on any atom is -0.496 e. The number of rotatable bonds is 4. The van der Waals surface area contributed by atoms with Gasteiger partial charge >= 0.3 is 0 Å². The normalized spacial score (nSPS) is 22.2. The number of allylic oxidation sites excluding steroid dienone is 2. The predicted molar refractivity (Wildman–Crippen MR) is 90.0 cm³/mol. The SMILES string of the molecule is COC1=CC(=O)c2c(OC)cc(C[C@@H]3CCOC(C)(C)O3)cc2C1=O. The molecule has 25 heavy (non-hydrogen) atoms. The molecule has 1 atom stereocenters. The van der Waals surface area contributed by atoms with E-state index in [0.29, 0.717) is 24.3 Å². The van der Waals surface area contributed by atoms with Gasteiger partial charge in [-0.1, -0.05) is 0 Å². The zero-order valence-electron chi connectivity index (χ0n) is 14.9. The monoisotopic (exact) mass is 346 g/mol. The van der Waals surface area contributed by atoms with Gasteiger partial charge in [-0.25, -0.2) is 0 Å². The van der Waals surface area contributed by atoms with E-state index in [4.69, 9.17) is 18.9 Å². The molecule has 1 aliphatic heterocycles. The first-order valence-corrected chi connectivity index (χ1v) is 8.22. The summed E-state index contributed by atoms with van der Waals surface area (Å²) >= 11 is 0. The van der Waals surface area contributed by atoms with Crippen LogP contribution in [0.5, 0.6) is 5.75 Å². The number of fused-ring (bicyclic) bond motifs is 1. The van der Waals surface area contributed by atoms with Gasteiger partial charge in [0.2, 0.25) is 5.78 Å². The molecule has 1 aromatic rings. The van der Waals surface area contributed by atoms with E-state index in [1.807, 2.05) is 13.8 Å². The molecule has 134 valence electrons. The van der Waals surface area contributed by atoms with Gasteiger partial charge in [0.25, 0.3) is 0 Å². The Morgan fingerprint density at radius 1 is 1.20 bits per heavy atom. The van der Waals surface area contributed by atoms with Crippen molar-refractivity contribution in [2.24, 2.45) is 0 Å². The predicted octanol–water partition coefficient (Wildman–Crippen LogP) is 2.69. The van der Waals surface area contributed by atoms with Crippen LogP contribution in [0.3, 0.4) is 0 Å². The average molecular weight is 346 g/mol. The van der Waals surface area contributed by atoms with Gasteiger partial charge in [0, 0.05) is 11.6 Å². The lowest BCUT2D eigenvalue weighted by atomic mass is 9.89. The summed E-state index contributed by atoms with van der Waals surface area (Å²) in [6.45, 7) is 4.38. The number of Topliss-reactive ketones (excluding diaryl/α,β-unsaturated/α-hetero) is 1. The maximum atomic E-state index is 12.6. The van der Waals surface area contributed by atoms with Crippen molar-refractivity contribution in [3.05, 3.63) is 40.7 Å². The van der Waals surface area contributed by atoms with Gasteiger partial charge in [0.05, 0.1) is 32.5 Å². The molecule has 2 aliphatic rings. The van der Waals surface area contributed by atoms with E-state index in [2.05, 4.69) is 0 Å². The second-order valence-corrected chi connectivity index (χ2v) is 6.61. The third-order valence-electron chi connectivity index (χ3n) is 4.38. The Labute approximate surface area is 146 Å². The molecule has 1 aromatic carbocycles. The standard InChI is InChI=1S/C19H22O6/c1-19(2)24-6-5-12(25-19)7-11-8-13-17(15(9-11)22-3)14(20)10-16(23-4)18(13)21/h8-10,12H,5-7H2,1-4H3/t12-/m0/s1. The van der Waals surface area contributed by atoms with Gasteiger partial charge in [-0.15, -0.1) is 0 Å². The van der Waals surface area contributed by atoms with E-state index in [1.165, 1.54) is 20.3 Å². The fourth-order valence-electron chi connectivity index (χ4n) is 3.26. The zero-order chi connectivity index (χ0) is 18.2. The maximum Gasteiger partial charge on any atom is 0.228 e. The molecular weight excluding hydrogens is 324 g/mol. The lowest BCUT2D eigenvalue weighted by Gasteiger charge is -2.36. The number of ether oxygens (including phenoxy) is 4. The van der Waals surface area contributed by atoms with E-state index in [1.54, 1.807) is 12.1 Å². The molecule has 0 unspecified atom stereocenters. The Balaban J connectivity index is 1.95. The fraction of sp³-hybridized carbons (Fsp3) is 0.474. The molecule has 3 rings (SSSR count). The molecule has 1 saturated heterocycles. The van der Waals surface area contributed by atoms with Gasteiger partial charge in [-0.05, 0) is 44.4 Å². The summed E-state index contributed by atoms with van der Waals surface area (Å²) in [5, 5.41) is 0. The maximum absolute atomic E-state index is 12.6. The second kappa shape index (κ2) is 6.61. The highest BCUT2D eigenvalue weighted by atomic mass is 16.7. The quantitative estimate of drug-likeness (QED) is 0.835. The first-order valence-electron chi connectivity index (χ1n) is 8.22. The highest BCUT2D eigenvalue weighted by Gasteiger charge is 2.32. The average Bonchev–Trinajstić information content (AvgIpc) is 2.56. The summed E-state index contributed by atoms with van der Waals surface area (Å²) in [4.78, 5) is 24.9. The molecule has 0 N–H and O–H groups in total. The Morgan fingerprint density at radius 3 is 2.60 bits per heavy atom. The summed E-state index contributed by atoms with van der Waals surface area (Å²) in [5.41, 5.74) is 1.46. The summed E-state index contributed by atoms with van der Waals surface area (Å²) in [7, 11) is 2.86. The van der Waals surface area contributed by atoms with Crippen LogP contribution in [0.25, 0.3) is 0 Å². The van der Waals surface area contributed by atoms with Crippen molar-refractivity contribution < 1.29 is 28.5 Å². The number of carbonyl (C=O) groups is 2. The molecule has 0 spiro atoms. The molecule has 1 heterocycles. The van der Waals surface area contributed by atoms with Crippen LogP contribution in [0.1, 0.15) is 46.5 Å². The topological polar surface area (TPSA) is 71.1 Å². The molecule has 6 heteroatoms. The summed E-state index contributed by atoms with van der Waals surface area (Å²) in [6, 6.07) is 3.53. The second-order valence-electron chi connectivity index (χ2n) is 6.61. The minimum absolute atomic E-state index is 0.0293. The number of methoxy groups -OCH3 is 2. The van der Waals surface area contributed by atoms with Gasteiger partial charge in [0.15, 0.2) is 17.3 Å². The number of hydrogen-bond donors (Lipinski definition) is 0. The Morgan fingerprint density at radius 2 is 1.96 bits per heavy atom. The Kier molecular flexibility index (Phi) is 4.67. The lowest BCUT2D eigenvalue weighted by Crippen LogP contribution is -2.40. The molecule has 1 fully saturated rings. The van der Waals surface area contributed by atoms with Gasteiger partial charge in [-0.2, -0.15) is 0 Å². The van der Waals surface area contributed by atoms with Crippen molar-refractivity contribution in [3.63, 3.8) is 0 Å². The Hall–Kier alpha value is -2.18. The van der Waals surface area contributed by atoms with E-state index < -0.39 is 5.79 Å². The zero-order valence-corrected chi connectivity index (χ0v) is 14.9. The third-order valence-corrected chi connectivity index (χ3v) is 4.38. The van der Waals surface area contributed by atoms with Crippen LogP contribution in [0.2, 0.25) is 0 Å². The van der Waals surface area contributed by atoms with Crippen molar-refractivity contribution in [3.8, 4) is 5.75 Å². The number of carbonyl (C=O) groups excluding carboxylic acids is 2. The van der Waals surface area contributed by atoms with E-state index >= 15 is 0 Å². The number of benzene rings is 1. The lowest BCUT2D eigenvalue weighted by molar-refractivity contribution is -0.272.